The van der Waals surface area contributed by atoms with Gasteiger partial charge in [-0.15, -0.1) is 0 Å². The molecule has 0 rings (SSSR count). The van der Waals surface area contributed by atoms with Crippen molar-refractivity contribution in [3.05, 3.63) is 11.8 Å². The molecule has 0 fully saturated rings. The minimum Gasteiger partial charge on any atom is -0.215 e. The molecule has 8 heavy (non-hydrogen) atoms. The summed E-state index contributed by atoms with van der Waals surface area (Å²) in [5, 5.41) is 0. The molecule has 0 spiro atoms. The summed E-state index contributed by atoms with van der Waals surface area (Å²) in [5.41, 5.74) is -0.572. The number of halogens is 2. The van der Waals surface area contributed by atoms with Crippen LogP contribution in [0.4, 0.5) is 8.78 Å². The first-order valence-electron chi connectivity index (χ1n) is 2.45. The van der Waals surface area contributed by atoms with Gasteiger partial charge in [-0.2, -0.15) is 0 Å². The maximum atomic E-state index is 12.2. The van der Waals surface area contributed by atoms with E-state index in [9.17, 15) is 8.78 Å². The van der Waals surface area contributed by atoms with Crippen LogP contribution < -0.4 is 0 Å². The minimum absolute atomic E-state index is 0.0617. The number of rotatable bonds is 1. The van der Waals surface area contributed by atoms with Crippen LogP contribution in [0, 0.1) is 0 Å². The lowest BCUT2D eigenvalue weighted by Gasteiger charge is -2.09. The van der Waals surface area contributed by atoms with Crippen molar-refractivity contribution >= 4 is 8.07 Å². The van der Waals surface area contributed by atoms with Crippen LogP contribution in [0.1, 0.15) is 0 Å². The highest BCUT2D eigenvalue weighted by Crippen LogP contribution is 2.14. The van der Waals surface area contributed by atoms with Gasteiger partial charge in [-0.1, -0.05) is 19.6 Å². The summed E-state index contributed by atoms with van der Waals surface area (Å²) < 4.78 is 23.6. The predicted molar refractivity (Wildman–Crippen MR) is 33.6 cm³/mol. The van der Waals surface area contributed by atoms with Crippen LogP contribution in [-0.4, -0.2) is 8.07 Å². The van der Waals surface area contributed by atoms with Gasteiger partial charge in [0.15, 0.2) is 0 Å². The van der Waals surface area contributed by atoms with Gasteiger partial charge in [0.25, 0.3) is 0 Å². The minimum atomic E-state index is -1.94. The first-order chi connectivity index (χ1) is 3.48. The highest BCUT2D eigenvalue weighted by atomic mass is 28.3. The molecule has 0 aliphatic heterocycles. The van der Waals surface area contributed by atoms with Gasteiger partial charge in [0.05, 0.1) is 0 Å². The second-order valence-electron chi connectivity index (χ2n) is 2.71. The summed E-state index contributed by atoms with van der Waals surface area (Å²) in [5.74, 6) is 0. The van der Waals surface area contributed by atoms with Crippen LogP contribution >= 0.6 is 0 Å². The van der Waals surface area contributed by atoms with Crippen molar-refractivity contribution in [3.63, 3.8) is 0 Å². The molecule has 0 aliphatic rings. The molecule has 0 aliphatic carbocycles. The normalized spacial score (nSPS) is 14.4. The van der Waals surface area contributed by atoms with Crippen LogP contribution in [0.2, 0.25) is 19.6 Å². The van der Waals surface area contributed by atoms with E-state index in [1.165, 1.54) is 0 Å². The molecule has 0 aromatic heterocycles. The molecular formula is C5H10F2Si. The van der Waals surface area contributed by atoms with Gasteiger partial charge < -0.3 is 0 Å². The first-order valence-corrected chi connectivity index (χ1v) is 5.95. The number of hydrogen-bond donors (Lipinski definition) is 0. The van der Waals surface area contributed by atoms with E-state index in [4.69, 9.17) is 0 Å². The van der Waals surface area contributed by atoms with Crippen molar-refractivity contribution in [2.24, 2.45) is 0 Å². The maximum Gasteiger partial charge on any atom is 0.117 e. The Morgan fingerprint density at radius 2 is 1.75 bits per heavy atom. The third-order valence-corrected chi connectivity index (χ3v) is 2.35. The van der Waals surface area contributed by atoms with Gasteiger partial charge in [0.2, 0.25) is 0 Å². The zero-order valence-electron chi connectivity index (χ0n) is 5.33. The summed E-state index contributed by atoms with van der Waals surface area (Å²) in [6.45, 7) is 5.25. The molecule has 0 aromatic rings. The quantitative estimate of drug-likeness (QED) is 0.486. The largest absolute Gasteiger partial charge is 0.215 e. The molecule has 3 heteroatoms. The third kappa shape index (κ3) is 2.21. The van der Waals surface area contributed by atoms with Gasteiger partial charge in [-0.25, -0.2) is 8.78 Å². The second kappa shape index (κ2) is 2.39. The molecule has 0 unspecified atom stereocenters. The molecule has 0 aromatic carbocycles. The molecule has 0 saturated heterocycles. The van der Waals surface area contributed by atoms with Crippen molar-refractivity contribution in [1.29, 1.82) is 0 Å². The Hall–Kier alpha value is -0.183. The highest BCUT2D eigenvalue weighted by molar-refractivity contribution is 6.82. The van der Waals surface area contributed by atoms with E-state index in [1.807, 2.05) is 0 Å². The molecule has 0 N–H and O–H groups in total. The SMILES string of the molecule is C[Si](C)(C)/C(F)=C\F. The summed E-state index contributed by atoms with van der Waals surface area (Å²) >= 11 is 0. The first kappa shape index (κ1) is 7.82. The molecule has 0 bridgehead atoms. The van der Waals surface area contributed by atoms with Crippen molar-refractivity contribution < 1.29 is 8.78 Å². The van der Waals surface area contributed by atoms with E-state index in [0.29, 0.717) is 0 Å². The van der Waals surface area contributed by atoms with Gasteiger partial charge in [-0.05, 0) is 0 Å². The third-order valence-electron chi connectivity index (χ3n) is 0.812. The van der Waals surface area contributed by atoms with Crippen molar-refractivity contribution in [3.8, 4) is 0 Å². The number of hydrogen-bond acceptors (Lipinski definition) is 0. The van der Waals surface area contributed by atoms with E-state index in [1.54, 1.807) is 19.6 Å². The van der Waals surface area contributed by atoms with Crippen LogP contribution in [-0.2, 0) is 0 Å². The van der Waals surface area contributed by atoms with E-state index in [-0.39, 0.29) is 6.33 Å². The summed E-state index contributed by atoms with van der Waals surface area (Å²) in [6.07, 6.45) is 0.0617. The average molecular weight is 136 g/mol. The van der Waals surface area contributed by atoms with Crippen molar-refractivity contribution in [2.75, 3.05) is 0 Å². The Labute approximate surface area is 49.2 Å². The van der Waals surface area contributed by atoms with Gasteiger partial charge in [0, 0.05) is 0 Å². The fourth-order valence-corrected chi connectivity index (χ4v) is 0.491. The lowest BCUT2D eigenvalue weighted by atomic mass is 11.1. The van der Waals surface area contributed by atoms with Gasteiger partial charge in [0.1, 0.15) is 19.9 Å². The Bertz CT molecular complexity index is 101. The van der Waals surface area contributed by atoms with Crippen LogP contribution in [0.3, 0.4) is 0 Å². The van der Waals surface area contributed by atoms with Crippen molar-refractivity contribution in [1.82, 2.24) is 0 Å². The smallest absolute Gasteiger partial charge is 0.117 e. The molecule has 0 atom stereocenters. The average Bonchev–Trinajstić information content (AvgIpc) is 1.62. The van der Waals surface area contributed by atoms with E-state index in [0.717, 1.165) is 0 Å². The highest BCUT2D eigenvalue weighted by Gasteiger charge is 2.19. The van der Waals surface area contributed by atoms with Crippen LogP contribution in [0.15, 0.2) is 11.8 Å². The van der Waals surface area contributed by atoms with E-state index >= 15 is 0 Å². The zero-order chi connectivity index (χ0) is 6.78. The Morgan fingerprint density at radius 1 is 1.38 bits per heavy atom. The fourth-order valence-electron chi connectivity index (χ4n) is 0.164. The molecular weight excluding hydrogens is 126 g/mol. The predicted octanol–water partition coefficient (Wildman–Crippen LogP) is 2.64. The monoisotopic (exact) mass is 136 g/mol. The maximum absolute atomic E-state index is 12.2. The molecule has 48 valence electrons. The summed E-state index contributed by atoms with van der Waals surface area (Å²) in [6, 6.07) is 0. The Morgan fingerprint density at radius 3 is 1.75 bits per heavy atom. The summed E-state index contributed by atoms with van der Waals surface area (Å²) in [4.78, 5) is 0. The molecule has 0 amide bonds. The lowest BCUT2D eigenvalue weighted by Crippen LogP contribution is -2.20. The van der Waals surface area contributed by atoms with E-state index < -0.39 is 13.5 Å². The van der Waals surface area contributed by atoms with Crippen molar-refractivity contribution in [2.45, 2.75) is 19.6 Å². The molecule has 0 radical (unpaired) electrons. The van der Waals surface area contributed by atoms with E-state index in [2.05, 4.69) is 0 Å². The lowest BCUT2D eigenvalue weighted by molar-refractivity contribution is 0.618. The fraction of sp³-hybridized carbons (Fsp3) is 0.600. The van der Waals surface area contributed by atoms with Crippen LogP contribution in [0.5, 0.6) is 0 Å². The Balaban J connectivity index is 4.03. The van der Waals surface area contributed by atoms with Gasteiger partial charge >= 0.3 is 0 Å². The van der Waals surface area contributed by atoms with Gasteiger partial charge in [-0.3, -0.25) is 0 Å². The molecule has 0 saturated carbocycles. The zero-order valence-corrected chi connectivity index (χ0v) is 6.33. The Kier molecular flexibility index (Phi) is 2.34. The molecule has 0 heterocycles. The topological polar surface area (TPSA) is 0 Å². The van der Waals surface area contributed by atoms with Crippen LogP contribution in [0.25, 0.3) is 0 Å². The summed E-state index contributed by atoms with van der Waals surface area (Å²) in [7, 11) is -1.94. The molecule has 0 nitrogen and oxygen atoms in total. The second-order valence-corrected chi connectivity index (χ2v) is 7.68. The standard InChI is InChI=1S/C5H10F2Si/c1-8(2,3)5(7)4-6/h4H,1-3H3/b5-4-.